The monoisotopic (exact) mass is 352 g/mol. The molecule has 0 bridgehead atoms. The Kier molecular flexibility index (Phi) is 4.36. The molecule has 4 rings (SSSR count). The molecule has 6 heteroatoms. The van der Waals surface area contributed by atoms with Crippen LogP contribution in [0.2, 0.25) is 0 Å². The van der Waals surface area contributed by atoms with Crippen LogP contribution in [0.5, 0.6) is 0 Å². The number of amides is 1. The number of ether oxygens (including phenoxy) is 1. The lowest BCUT2D eigenvalue weighted by atomic mass is 9.80. The maximum absolute atomic E-state index is 12.5. The molecule has 0 N–H and O–H groups in total. The van der Waals surface area contributed by atoms with E-state index in [1.807, 2.05) is 4.90 Å². The molecule has 0 atom stereocenters. The summed E-state index contributed by atoms with van der Waals surface area (Å²) in [5.41, 5.74) is 3.68. The number of anilines is 1. The Morgan fingerprint density at radius 3 is 2.73 bits per heavy atom. The van der Waals surface area contributed by atoms with Gasteiger partial charge in [-0.1, -0.05) is 18.2 Å². The Morgan fingerprint density at radius 1 is 1.15 bits per heavy atom. The van der Waals surface area contributed by atoms with E-state index in [0.29, 0.717) is 13.2 Å². The Bertz CT molecular complexity index is 803. The summed E-state index contributed by atoms with van der Waals surface area (Å²) in [6.45, 7) is 8.01. The van der Waals surface area contributed by atoms with Crippen molar-refractivity contribution in [3.63, 3.8) is 0 Å². The molecule has 2 aromatic rings. The predicted octanol–water partition coefficient (Wildman–Crippen LogP) is 1.96. The minimum atomic E-state index is -0.0244. The lowest BCUT2D eigenvalue weighted by Crippen LogP contribution is -2.62. The molecule has 136 valence electrons. The van der Waals surface area contributed by atoms with Gasteiger partial charge in [0, 0.05) is 44.0 Å². The van der Waals surface area contributed by atoms with E-state index in [2.05, 4.69) is 46.9 Å². The van der Waals surface area contributed by atoms with Crippen molar-refractivity contribution < 1.29 is 9.53 Å². The molecular formula is C20H24N4O2. The maximum Gasteiger partial charge on any atom is 0.248 e. The molecule has 2 fully saturated rings. The lowest BCUT2D eigenvalue weighted by molar-refractivity contribution is -0.134. The van der Waals surface area contributed by atoms with Crippen LogP contribution in [-0.2, 0) is 16.1 Å². The first kappa shape index (κ1) is 17.0. The van der Waals surface area contributed by atoms with Gasteiger partial charge >= 0.3 is 0 Å². The number of aromatic nitrogens is 2. The van der Waals surface area contributed by atoms with E-state index in [9.17, 15) is 4.79 Å². The topological polar surface area (TPSA) is 58.6 Å². The fraction of sp³-hybridized carbons (Fsp3) is 0.450. The Balaban J connectivity index is 1.47. The van der Waals surface area contributed by atoms with E-state index in [1.165, 1.54) is 16.7 Å². The van der Waals surface area contributed by atoms with E-state index >= 15 is 0 Å². The first-order valence-corrected chi connectivity index (χ1v) is 8.97. The summed E-state index contributed by atoms with van der Waals surface area (Å²) in [6.07, 6.45) is 5.17. The molecule has 2 saturated heterocycles. The van der Waals surface area contributed by atoms with Crippen molar-refractivity contribution in [1.82, 2.24) is 14.9 Å². The maximum atomic E-state index is 12.5. The predicted molar refractivity (Wildman–Crippen MR) is 98.8 cm³/mol. The molecule has 6 nitrogen and oxygen atoms in total. The van der Waals surface area contributed by atoms with Gasteiger partial charge < -0.3 is 14.5 Å². The third kappa shape index (κ3) is 3.29. The van der Waals surface area contributed by atoms with Gasteiger partial charge in [-0.2, -0.15) is 0 Å². The van der Waals surface area contributed by atoms with Gasteiger partial charge in [-0.25, -0.2) is 4.98 Å². The SMILES string of the molecule is Cc1ccc(CN2CC3(COCC2=O)CN(c2cnccn2)C3)cc1C. The number of hydrogen-bond donors (Lipinski definition) is 0. The Labute approximate surface area is 153 Å². The number of hydrogen-bond acceptors (Lipinski definition) is 5. The summed E-state index contributed by atoms with van der Waals surface area (Å²) in [7, 11) is 0. The number of benzene rings is 1. The van der Waals surface area contributed by atoms with Crippen LogP contribution in [0.1, 0.15) is 16.7 Å². The number of aryl methyl sites for hydroxylation is 2. The summed E-state index contributed by atoms with van der Waals surface area (Å²) >= 11 is 0. The van der Waals surface area contributed by atoms with Crippen LogP contribution >= 0.6 is 0 Å². The van der Waals surface area contributed by atoms with E-state index < -0.39 is 0 Å². The summed E-state index contributed by atoms with van der Waals surface area (Å²) in [4.78, 5) is 25.2. The summed E-state index contributed by atoms with van der Waals surface area (Å²) in [5, 5.41) is 0. The largest absolute Gasteiger partial charge is 0.371 e. The van der Waals surface area contributed by atoms with Gasteiger partial charge in [0.2, 0.25) is 5.91 Å². The minimum Gasteiger partial charge on any atom is -0.371 e. The zero-order chi connectivity index (χ0) is 18.1. The van der Waals surface area contributed by atoms with Crippen molar-refractivity contribution in [3.05, 3.63) is 53.5 Å². The van der Waals surface area contributed by atoms with Gasteiger partial charge in [0.1, 0.15) is 12.4 Å². The van der Waals surface area contributed by atoms with Crippen molar-refractivity contribution in [2.24, 2.45) is 5.41 Å². The standard InChI is InChI=1S/C20H24N4O2/c1-15-3-4-17(7-16(15)2)9-23-11-20(14-26-10-19(23)25)12-24(13-20)18-8-21-5-6-22-18/h3-8H,9-14H2,1-2H3. The highest BCUT2D eigenvalue weighted by atomic mass is 16.5. The van der Waals surface area contributed by atoms with Crippen LogP contribution in [0.3, 0.4) is 0 Å². The number of carbonyl (C=O) groups excluding carboxylic acids is 1. The number of nitrogens with zero attached hydrogens (tertiary/aromatic N) is 4. The van der Waals surface area contributed by atoms with E-state index in [-0.39, 0.29) is 17.9 Å². The molecule has 1 aromatic heterocycles. The van der Waals surface area contributed by atoms with Crippen molar-refractivity contribution in [2.45, 2.75) is 20.4 Å². The van der Waals surface area contributed by atoms with Crippen molar-refractivity contribution >= 4 is 11.7 Å². The van der Waals surface area contributed by atoms with Crippen LogP contribution in [0.25, 0.3) is 0 Å². The quantitative estimate of drug-likeness (QED) is 0.845. The highest BCUT2D eigenvalue weighted by Crippen LogP contribution is 2.36. The molecule has 2 aliphatic rings. The molecule has 0 aliphatic carbocycles. The molecular weight excluding hydrogens is 328 g/mol. The highest BCUT2D eigenvalue weighted by Gasteiger charge is 2.47. The fourth-order valence-corrected chi connectivity index (χ4v) is 3.82. The van der Waals surface area contributed by atoms with Crippen molar-refractivity contribution in [1.29, 1.82) is 0 Å². The summed E-state index contributed by atoms with van der Waals surface area (Å²) in [6, 6.07) is 6.41. The Hall–Kier alpha value is -2.47. The fourth-order valence-electron chi connectivity index (χ4n) is 3.82. The molecule has 0 radical (unpaired) electrons. The van der Waals surface area contributed by atoms with Gasteiger partial charge in [-0.3, -0.25) is 9.78 Å². The van der Waals surface area contributed by atoms with Gasteiger partial charge in [0.15, 0.2) is 0 Å². The first-order valence-electron chi connectivity index (χ1n) is 8.97. The van der Waals surface area contributed by atoms with Crippen LogP contribution in [0.4, 0.5) is 5.82 Å². The minimum absolute atomic E-state index is 0.0244. The third-order valence-corrected chi connectivity index (χ3v) is 5.38. The summed E-state index contributed by atoms with van der Waals surface area (Å²) < 4.78 is 5.71. The zero-order valence-corrected chi connectivity index (χ0v) is 15.3. The van der Waals surface area contributed by atoms with E-state index in [4.69, 9.17) is 4.74 Å². The van der Waals surface area contributed by atoms with Gasteiger partial charge in [0.05, 0.1) is 12.8 Å². The smallest absolute Gasteiger partial charge is 0.248 e. The second kappa shape index (κ2) is 6.68. The second-order valence-corrected chi connectivity index (χ2v) is 7.58. The molecule has 2 aliphatic heterocycles. The normalized spacial score (nSPS) is 19.4. The van der Waals surface area contributed by atoms with Crippen LogP contribution in [-0.4, -0.2) is 53.6 Å². The van der Waals surface area contributed by atoms with Crippen LogP contribution in [0, 0.1) is 19.3 Å². The van der Waals surface area contributed by atoms with E-state index in [1.54, 1.807) is 18.6 Å². The average molecular weight is 352 g/mol. The van der Waals surface area contributed by atoms with Crippen LogP contribution in [0.15, 0.2) is 36.8 Å². The number of rotatable bonds is 3. The molecule has 1 aromatic carbocycles. The molecule has 3 heterocycles. The molecule has 0 saturated carbocycles. The van der Waals surface area contributed by atoms with Gasteiger partial charge in [-0.05, 0) is 30.5 Å². The Morgan fingerprint density at radius 2 is 2.00 bits per heavy atom. The second-order valence-electron chi connectivity index (χ2n) is 7.58. The third-order valence-electron chi connectivity index (χ3n) is 5.38. The lowest BCUT2D eigenvalue weighted by Gasteiger charge is -2.51. The average Bonchev–Trinajstić information content (AvgIpc) is 2.77. The molecule has 26 heavy (non-hydrogen) atoms. The van der Waals surface area contributed by atoms with Crippen LogP contribution < -0.4 is 4.90 Å². The molecule has 1 amide bonds. The highest BCUT2D eigenvalue weighted by molar-refractivity contribution is 5.78. The van der Waals surface area contributed by atoms with Crippen molar-refractivity contribution in [2.75, 3.05) is 37.7 Å². The summed E-state index contributed by atoms with van der Waals surface area (Å²) in [5.74, 6) is 0.951. The number of carbonyl (C=O) groups is 1. The van der Waals surface area contributed by atoms with Crippen molar-refractivity contribution in [3.8, 4) is 0 Å². The molecule has 1 spiro atoms. The molecule has 0 unspecified atom stereocenters. The zero-order valence-electron chi connectivity index (χ0n) is 15.3. The first-order chi connectivity index (χ1) is 12.5. The van der Waals surface area contributed by atoms with E-state index in [0.717, 1.165) is 25.5 Å². The van der Waals surface area contributed by atoms with Gasteiger partial charge in [-0.15, -0.1) is 0 Å². The van der Waals surface area contributed by atoms with Gasteiger partial charge in [0.25, 0.3) is 0 Å².